The summed E-state index contributed by atoms with van der Waals surface area (Å²) in [6.07, 6.45) is 1.25. The van der Waals surface area contributed by atoms with Crippen LogP contribution < -0.4 is 4.90 Å². The third-order valence-electron chi connectivity index (χ3n) is 5.52. The third-order valence-corrected chi connectivity index (χ3v) is 5.52. The maximum absolute atomic E-state index is 9.09. The summed E-state index contributed by atoms with van der Waals surface area (Å²) >= 11 is 0. The minimum Gasteiger partial charge on any atom is -0.395 e. The Morgan fingerprint density at radius 1 is 0.800 bits per heavy atom. The number of aliphatic hydroxyl groups is 1. The van der Waals surface area contributed by atoms with Crippen molar-refractivity contribution in [3.05, 3.63) is 29.8 Å². The van der Waals surface area contributed by atoms with E-state index in [9.17, 15) is 0 Å². The van der Waals surface area contributed by atoms with Crippen LogP contribution in [0.25, 0.3) is 0 Å². The average Bonchev–Trinajstić information content (AvgIpc) is 2.65. The van der Waals surface area contributed by atoms with E-state index >= 15 is 0 Å². The van der Waals surface area contributed by atoms with Crippen LogP contribution in [0.4, 0.5) is 5.69 Å². The van der Waals surface area contributed by atoms with Crippen LogP contribution in [0, 0.1) is 0 Å². The summed E-state index contributed by atoms with van der Waals surface area (Å²) in [6, 6.07) is 8.95. The normalized spacial score (nSPS) is 21.0. The number of piperazine rings is 2. The highest BCUT2D eigenvalue weighted by Crippen LogP contribution is 2.24. The average molecular weight is 347 g/mol. The van der Waals surface area contributed by atoms with E-state index in [4.69, 9.17) is 5.11 Å². The zero-order chi connectivity index (χ0) is 17.5. The zero-order valence-electron chi connectivity index (χ0n) is 15.7. The molecule has 0 radical (unpaired) electrons. The molecule has 2 heterocycles. The van der Waals surface area contributed by atoms with Crippen LogP contribution in [0.15, 0.2) is 24.3 Å². The van der Waals surface area contributed by atoms with Crippen molar-refractivity contribution in [2.75, 3.05) is 77.0 Å². The molecule has 0 amide bonds. The Hall–Kier alpha value is -1.14. The molecule has 1 N–H and O–H groups in total. The first-order valence-corrected chi connectivity index (χ1v) is 9.91. The van der Waals surface area contributed by atoms with Crippen LogP contribution in [0.1, 0.15) is 18.9 Å². The fraction of sp³-hybridized carbons (Fsp3) is 0.700. The molecule has 25 heavy (non-hydrogen) atoms. The first-order valence-electron chi connectivity index (χ1n) is 9.91. The maximum Gasteiger partial charge on any atom is 0.0558 e. The predicted octanol–water partition coefficient (Wildman–Crippen LogP) is 1.33. The number of benzene rings is 1. The molecule has 0 bridgehead atoms. The van der Waals surface area contributed by atoms with Gasteiger partial charge in [-0.15, -0.1) is 0 Å². The Bertz CT molecular complexity index is 508. The van der Waals surface area contributed by atoms with E-state index < -0.39 is 0 Å². The minimum absolute atomic E-state index is 0.271. The van der Waals surface area contributed by atoms with Gasteiger partial charge in [-0.2, -0.15) is 0 Å². The summed E-state index contributed by atoms with van der Waals surface area (Å²) in [5.41, 5.74) is 2.89. The summed E-state index contributed by atoms with van der Waals surface area (Å²) in [5, 5.41) is 9.09. The topological polar surface area (TPSA) is 33.2 Å². The summed E-state index contributed by atoms with van der Waals surface area (Å²) in [6.45, 7) is 14.6. The van der Waals surface area contributed by atoms with Crippen molar-refractivity contribution in [3.8, 4) is 0 Å². The SMILES string of the molecule is CCCN1CCN(c2ccccc2CN2CCN(CCO)CC2)CC1. The van der Waals surface area contributed by atoms with Crippen LogP contribution in [0.3, 0.4) is 0 Å². The summed E-state index contributed by atoms with van der Waals surface area (Å²) in [7, 11) is 0. The van der Waals surface area contributed by atoms with Crippen molar-refractivity contribution < 1.29 is 5.11 Å². The van der Waals surface area contributed by atoms with E-state index in [0.717, 1.165) is 52.4 Å². The minimum atomic E-state index is 0.271. The van der Waals surface area contributed by atoms with Gasteiger partial charge in [-0.05, 0) is 24.6 Å². The number of hydrogen-bond acceptors (Lipinski definition) is 5. The Morgan fingerprint density at radius 2 is 1.40 bits per heavy atom. The van der Waals surface area contributed by atoms with E-state index in [2.05, 4.69) is 50.8 Å². The van der Waals surface area contributed by atoms with Crippen molar-refractivity contribution in [2.24, 2.45) is 0 Å². The highest BCUT2D eigenvalue weighted by molar-refractivity contribution is 5.54. The Kier molecular flexibility index (Phi) is 7.11. The molecular formula is C20H34N4O. The molecule has 140 valence electrons. The molecule has 2 fully saturated rings. The molecule has 3 rings (SSSR count). The molecule has 0 aromatic heterocycles. The molecule has 1 aromatic rings. The molecule has 5 nitrogen and oxygen atoms in total. The largest absolute Gasteiger partial charge is 0.395 e. The Labute approximate surface area is 152 Å². The summed E-state index contributed by atoms with van der Waals surface area (Å²) in [5.74, 6) is 0. The number of β-amino-alcohol motifs (C(OH)–C–C–N with tert-alkyl or cyclic N) is 1. The fourth-order valence-corrected chi connectivity index (χ4v) is 4.03. The molecule has 5 heteroatoms. The second kappa shape index (κ2) is 9.53. The lowest BCUT2D eigenvalue weighted by Gasteiger charge is -2.38. The van der Waals surface area contributed by atoms with E-state index in [0.29, 0.717) is 0 Å². The number of nitrogens with zero attached hydrogens (tertiary/aromatic N) is 4. The van der Waals surface area contributed by atoms with Crippen LogP contribution >= 0.6 is 0 Å². The molecule has 0 atom stereocenters. The molecule has 0 unspecified atom stereocenters. The molecule has 0 aliphatic carbocycles. The summed E-state index contributed by atoms with van der Waals surface area (Å²) < 4.78 is 0. The molecule has 2 saturated heterocycles. The second-order valence-electron chi connectivity index (χ2n) is 7.30. The highest BCUT2D eigenvalue weighted by Gasteiger charge is 2.21. The summed E-state index contributed by atoms with van der Waals surface area (Å²) in [4.78, 5) is 10.1. The molecule has 2 aliphatic rings. The number of anilines is 1. The lowest BCUT2D eigenvalue weighted by Crippen LogP contribution is -2.48. The van der Waals surface area contributed by atoms with Crippen molar-refractivity contribution in [1.82, 2.24) is 14.7 Å². The molecule has 2 aliphatic heterocycles. The van der Waals surface area contributed by atoms with E-state index in [-0.39, 0.29) is 6.61 Å². The van der Waals surface area contributed by atoms with Crippen molar-refractivity contribution >= 4 is 5.69 Å². The van der Waals surface area contributed by atoms with Gasteiger partial charge in [-0.1, -0.05) is 25.1 Å². The second-order valence-corrected chi connectivity index (χ2v) is 7.30. The standard InChI is InChI=1S/C20H34N4O/c1-2-7-21-12-14-24(15-13-21)20-6-4-3-5-19(20)18-23-10-8-22(9-11-23)16-17-25/h3-6,25H,2,7-18H2,1H3. The van der Waals surface area contributed by atoms with Crippen LogP contribution in [0.2, 0.25) is 0 Å². The lowest BCUT2D eigenvalue weighted by molar-refractivity contribution is 0.108. The van der Waals surface area contributed by atoms with Gasteiger partial charge in [0.15, 0.2) is 0 Å². The van der Waals surface area contributed by atoms with Gasteiger partial charge in [-0.3, -0.25) is 14.7 Å². The van der Waals surface area contributed by atoms with Crippen LogP contribution in [-0.2, 0) is 6.54 Å². The molecular weight excluding hydrogens is 312 g/mol. The number of hydrogen-bond donors (Lipinski definition) is 1. The number of para-hydroxylation sites is 1. The Balaban J connectivity index is 1.57. The fourth-order valence-electron chi connectivity index (χ4n) is 4.03. The van der Waals surface area contributed by atoms with Gasteiger partial charge in [0.05, 0.1) is 6.61 Å². The quantitative estimate of drug-likeness (QED) is 0.805. The van der Waals surface area contributed by atoms with Crippen molar-refractivity contribution in [1.29, 1.82) is 0 Å². The van der Waals surface area contributed by atoms with Gasteiger partial charge in [0.25, 0.3) is 0 Å². The van der Waals surface area contributed by atoms with Gasteiger partial charge < -0.3 is 10.0 Å². The first-order chi connectivity index (χ1) is 12.3. The van der Waals surface area contributed by atoms with E-state index in [1.807, 2.05) is 0 Å². The van der Waals surface area contributed by atoms with E-state index in [1.165, 1.54) is 37.3 Å². The van der Waals surface area contributed by atoms with Crippen LogP contribution in [0.5, 0.6) is 0 Å². The zero-order valence-corrected chi connectivity index (χ0v) is 15.7. The molecule has 0 spiro atoms. The predicted molar refractivity (Wildman–Crippen MR) is 104 cm³/mol. The molecule has 1 aromatic carbocycles. The first kappa shape index (κ1) is 18.6. The lowest BCUT2D eigenvalue weighted by atomic mass is 10.1. The smallest absolute Gasteiger partial charge is 0.0558 e. The Morgan fingerprint density at radius 3 is 2.08 bits per heavy atom. The monoisotopic (exact) mass is 346 g/mol. The van der Waals surface area contributed by atoms with Crippen molar-refractivity contribution in [3.63, 3.8) is 0 Å². The van der Waals surface area contributed by atoms with Gasteiger partial charge in [0, 0.05) is 71.1 Å². The third kappa shape index (κ3) is 5.17. The van der Waals surface area contributed by atoms with Gasteiger partial charge in [-0.25, -0.2) is 0 Å². The van der Waals surface area contributed by atoms with Gasteiger partial charge >= 0.3 is 0 Å². The maximum atomic E-state index is 9.09. The van der Waals surface area contributed by atoms with Gasteiger partial charge in [0.2, 0.25) is 0 Å². The van der Waals surface area contributed by atoms with Gasteiger partial charge in [0.1, 0.15) is 0 Å². The van der Waals surface area contributed by atoms with Crippen molar-refractivity contribution in [2.45, 2.75) is 19.9 Å². The van der Waals surface area contributed by atoms with Crippen LogP contribution in [-0.4, -0.2) is 91.9 Å². The highest BCUT2D eigenvalue weighted by atomic mass is 16.3. The number of aliphatic hydroxyl groups excluding tert-OH is 1. The number of rotatable bonds is 7. The molecule has 0 saturated carbocycles. The van der Waals surface area contributed by atoms with E-state index in [1.54, 1.807) is 0 Å².